The fourth-order valence-electron chi connectivity index (χ4n) is 5.31. The van der Waals surface area contributed by atoms with Crippen LogP contribution in [0.25, 0.3) is 0 Å². The predicted octanol–water partition coefficient (Wildman–Crippen LogP) is 4.53. The summed E-state index contributed by atoms with van der Waals surface area (Å²) in [6.07, 6.45) is 1.93. The molecule has 3 aromatic carbocycles. The van der Waals surface area contributed by atoms with Crippen molar-refractivity contribution in [1.29, 1.82) is 0 Å². The summed E-state index contributed by atoms with van der Waals surface area (Å²) < 4.78 is 6.39. The fourth-order valence-corrected chi connectivity index (χ4v) is 5.31. The van der Waals surface area contributed by atoms with Crippen molar-refractivity contribution in [1.82, 2.24) is 0 Å². The summed E-state index contributed by atoms with van der Waals surface area (Å²) in [6, 6.07) is 25.0. The quantitative estimate of drug-likeness (QED) is 0.531. The van der Waals surface area contributed by atoms with Gasteiger partial charge < -0.3 is 14.7 Å². The van der Waals surface area contributed by atoms with Crippen LogP contribution in [0.2, 0.25) is 0 Å². The molecule has 2 aliphatic rings. The fraction of sp³-hybridized carbons (Fsp3) is 0.286. The third-order valence-electron chi connectivity index (χ3n) is 6.97. The van der Waals surface area contributed by atoms with E-state index >= 15 is 0 Å². The lowest BCUT2D eigenvalue weighted by Gasteiger charge is -2.28. The van der Waals surface area contributed by atoms with E-state index in [1.54, 1.807) is 9.80 Å². The average molecular weight is 457 g/mol. The average Bonchev–Trinajstić information content (AvgIpc) is 3.31. The van der Waals surface area contributed by atoms with E-state index in [1.807, 2.05) is 78.9 Å². The Balaban J connectivity index is 1.42. The molecular weight excluding hydrogens is 428 g/mol. The van der Waals surface area contributed by atoms with Crippen molar-refractivity contribution in [3.63, 3.8) is 0 Å². The molecule has 0 aromatic heterocycles. The van der Waals surface area contributed by atoms with Crippen LogP contribution in [0.4, 0.5) is 17.1 Å². The molecule has 0 unspecified atom stereocenters. The molecule has 2 heterocycles. The van der Waals surface area contributed by atoms with E-state index < -0.39 is 5.60 Å². The monoisotopic (exact) mass is 456 g/mol. The molecule has 0 saturated carbocycles. The summed E-state index contributed by atoms with van der Waals surface area (Å²) >= 11 is 0. The molecule has 34 heavy (non-hydrogen) atoms. The van der Waals surface area contributed by atoms with Gasteiger partial charge in [0.1, 0.15) is 0 Å². The number of aliphatic hydroxyl groups is 1. The lowest BCUT2D eigenvalue weighted by atomic mass is 9.83. The molecule has 5 rings (SSSR count). The van der Waals surface area contributed by atoms with Crippen LogP contribution >= 0.6 is 0 Å². The van der Waals surface area contributed by atoms with Gasteiger partial charge in [-0.05, 0) is 48.7 Å². The van der Waals surface area contributed by atoms with Crippen LogP contribution in [-0.4, -0.2) is 30.1 Å². The number of ether oxygens (including phenoxy) is 1. The van der Waals surface area contributed by atoms with Crippen molar-refractivity contribution in [3.8, 4) is 0 Å². The van der Waals surface area contributed by atoms with E-state index in [1.165, 1.54) is 0 Å². The van der Waals surface area contributed by atoms with Gasteiger partial charge in [0.2, 0.25) is 6.41 Å². The van der Waals surface area contributed by atoms with Crippen molar-refractivity contribution in [2.45, 2.75) is 38.0 Å². The van der Waals surface area contributed by atoms with Crippen LogP contribution < -0.4 is 9.80 Å². The number of carbonyl (C=O) groups excluding carboxylic acids is 2. The first-order valence-electron chi connectivity index (χ1n) is 11.7. The van der Waals surface area contributed by atoms with E-state index in [9.17, 15) is 14.7 Å². The predicted molar refractivity (Wildman–Crippen MR) is 131 cm³/mol. The number of nitrogens with zero attached hydrogens (tertiary/aromatic N) is 2. The lowest BCUT2D eigenvalue weighted by Crippen LogP contribution is -2.43. The molecule has 6 heteroatoms. The SMILES string of the molecule is C[C@@H]1C[C@H](CCO)O[C@@]12C(=O)N(Cc1ccc(N(C=O)c3ccccc3)cc1)c1ccccc12. The van der Waals surface area contributed by atoms with Crippen LogP contribution in [-0.2, 0) is 26.5 Å². The number of hydrogen-bond acceptors (Lipinski definition) is 4. The van der Waals surface area contributed by atoms with Crippen molar-refractivity contribution in [2.24, 2.45) is 5.92 Å². The molecule has 174 valence electrons. The molecule has 1 N–H and O–H groups in total. The minimum absolute atomic E-state index is 0.0112. The number of fused-ring (bicyclic) bond motifs is 2. The van der Waals surface area contributed by atoms with Gasteiger partial charge in [-0.2, -0.15) is 0 Å². The third kappa shape index (κ3) is 3.59. The van der Waals surface area contributed by atoms with E-state index in [-0.39, 0.29) is 24.5 Å². The first-order valence-corrected chi connectivity index (χ1v) is 11.7. The summed E-state index contributed by atoms with van der Waals surface area (Å²) in [5.41, 5.74) is 3.28. The number of carbonyl (C=O) groups is 2. The van der Waals surface area contributed by atoms with Crippen molar-refractivity contribution in [2.75, 3.05) is 16.4 Å². The third-order valence-corrected chi connectivity index (χ3v) is 6.97. The number of anilines is 3. The van der Waals surface area contributed by atoms with E-state index in [0.717, 1.165) is 41.0 Å². The van der Waals surface area contributed by atoms with Gasteiger partial charge in [0.15, 0.2) is 5.60 Å². The first kappa shape index (κ1) is 22.3. The Kier molecular flexibility index (Phi) is 5.94. The van der Waals surface area contributed by atoms with Crippen LogP contribution in [0.15, 0.2) is 78.9 Å². The van der Waals surface area contributed by atoms with Gasteiger partial charge in [-0.25, -0.2) is 0 Å². The molecule has 6 nitrogen and oxygen atoms in total. The van der Waals surface area contributed by atoms with Crippen molar-refractivity contribution < 1.29 is 19.4 Å². The molecular formula is C28H28N2O4. The van der Waals surface area contributed by atoms with Crippen LogP contribution in [0.3, 0.4) is 0 Å². The Bertz CT molecular complexity index is 1180. The number of amides is 2. The molecule has 1 saturated heterocycles. The molecule has 1 fully saturated rings. The summed E-state index contributed by atoms with van der Waals surface area (Å²) in [4.78, 5) is 29.0. The molecule has 0 aliphatic carbocycles. The maximum absolute atomic E-state index is 13.8. The van der Waals surface area contributed by atoms with Crippen LogP contribution in [0, 0.1) is 5.92 Å². The van der Waals surface area contributed by atoms with Crippen molar-refractivity contribution in [3.05, 3.63) is 90.0 Å². The summed E-state index contributed by atoms with van der Waals surface area (Å²) in [5, 5.41) is 9.40. The summed E-state index contributed by atoms with van der Waals surface area (Å²) in [7, 11) is 0. The van der Waals surface area contributed by atoms with Crippen LogP contribution in [0.5, 0.6) is 0 Å². The highest BCUT2D eigenvalue weighted by Crippen LogP contribution is 2.53. The summed E-state index contributed by atoms with van der Waals surface area (Å²) in [6.45, 7) is 2.51. The van der Waals surface area contributed by atoms with Gasteiger partial charge in [-0.3, -0.25) is 14.5 Å². The summed E-state index contributed by atoms with van der Waals surface area (Å²) in [5.74, 6) is -0.0402. The number of rotatable bonds is 7. The second-order valence-corrected chi connectivity index (χ2v) is 9.01. The molecule has 3 aromatic rings. The minimum Gasteiger partial charge on any atom is -0.396 e. The Hall–Kier alpha value is -3.48. The number of aliphatic hydroxyl groups excluding tert-OH is 1. The van der Waals surface area contributed by atoms with Gasteiger partial charge in [-0.1, -0.05) is 55.5 Å². The first-order chi connectivity index (χ1) is 16.6. The molecule has 0 bridgehead atoms. The maximum atomic E-state index is 13.8. The second-order valence-electron chi connectivity index (χ2n) is 9.01. The molecule has 0 radical (unpaired) electrons. The number of para-hydroxylation sites is 2. The Morgan fingerprint density at radius 2 is 1.71 bits per heavy atom. The smallest absolute Gasteiger partial charge is 0.264 e. The molecule has 3 atom stereocenters. The largest absolute Gasteiger partial charge is 0.396 e. The zero-order valence-corrected chi connectivity index (χ0v) is 19.1. The maximum Gasteiger partial charge on any atom is 0.264 e. The van der Waals surface area contributed by atoms with E-state index in [4.69, 9.17) is 4.74 Å². The Morgan fingerprint density at radius 3 is 2.41 bits per heavy atom. The minimum atomic E-state index is -1.00. The molecule has 1 spiro atoms. The topological polar surface area (TPSA) is 70.1 Å². The Morgan fingerprint density at radius 1 is 1.03 bits per heavy atom. The highest BCUT2D eigenvalue weighted by molar-refractivity contribution is 6.07. The van der Waals surface area contributed by atoms with Gasteiger partial charge in [0.25, 0.3) is 5.91 Å². The molecule has 2 amide bonds. The van der Waals surface area contributed by atoms with Gasteiger partial charge in [0.05, 0.1) is 18.3 Å². The lowest BCUT2D eigenvalue weighted by molar-refractivity contribution is -0.146. The number of benzene rings is 3. The highest BCUT2D eigenvalue weighted by Gasteiger charge is 2.59. The second kappa shape index (κ2) is 9.05. The van der Waals surface area contributed by atoms with Crippen LogP contribution in [0.1, 0.15) is 30.9 Å². The van der Waals surface area contributed by atoms with Gasteiger partial charge in [0, 0.05) is 29.5 Å². The van der Waals surface area contributed by atoms with Gasteiger partial charge >= 0.3 is 0 Å². The highest BCUT2D eigenvalue weighted by atomic mass is 16.5. The standard InChI is InChI=1S/C28H28N2O4/c1-20-17-24(15-16-31)34-28(20)25-9-5-6-10-26(25)29(27(28)33)18-21-11-13-23(14-12-21)30(19-32)22-7-3-2-4-8-22/h2-14,19-20,24,31H,15-18H2,1H3/t20-,24+,28+/m1/s1. The molecule has 2 aliphatic heterocycles. The van der Waals surface area contributed by atoms with E-state index in [2.05, 4.69) is 6.92 Å². The Labute approximate surface area is 199 Å². The number of hydrogen-bond donors (Lipinski definition) is 1. The van der Waals surface area contributed by atoms with Crippen molar-refractivity contribution >= 4 is 29.4 Å². The van der Waals surface area contributed by atoms with E-state index in [0.29, 0.717) is 13.0 Å². The zero-order valence-electron chi connectivity index (χ0n) is 19.1. The normalized spacial score (nSPS) is 23.4. The van der Waals surface area contributed by atoms with Gasteiger partial charge in [-0.15, -0.1) is 0 Å². The zero-order chi connectivity index (χ0) is 23.7.